The van der Waals surface area contributed by atoms with Gasteiger partial charge in [-0.15, -0.1) is 0 Å². The highest BCUT2D eigenvalue weighted by Gasteiger charge is 2.42. The zero-order valence-electron chi connectivity index (χ0n) is 16.5. The Morgan fingerprint density at radius 3 is 2.30 bits per heavy atom. The Kier molecular flexibility index (Phi) is 6.18. The molecule has 3 aromatic rings. The number of hydrogen-bond acceptors (Lipinski definition) is 3. The summed E-state index contributed by atoms with van der Waals surface area (Å²) in [5, 5.41) is 5.89. The van der Waals surface area contributed by atoms with Crippen molar-refractivity contribution in [3.05, 3.63) is 101 Å². The topological polar surface area (TPSA) is 59.6 Å². The number of anilines is 1. The number of halogens is 1. The summed E-state index contributed by atoms with van der Waals surface area (Å²) in [6.07, 6.45) is -0.366. The second-order valence-electron chi connectivity index (χ2n) is 7.26. The Morgan fingerprint density at radius 1 is 0.967 bits per heavy atom. The van der Waals surface area contributed by atoms with Crippen LogP contribution in [0.15, 0.2) is 89.4 Å². The molecule has 30 heavy (non-hydrogen) atoms. The predicted octanol–water partition coefficient (Wildman–Crippen LogP) is 5.60. The van der Waals surface area contributed by atoms with E-state index >= 15 is 0 Å². The van der Waals surface area contributed by atoms with Crippen LogP contribution in [0, 0.1) is 0 Å². The molecule has 0 radical (unpaired) electrons. The van der Waals surface area contributed by atoms with Crippen LogP contribution < -0.4 is 10.6 Å². The molecule has 0 saturated carbocycles. The van der Waals surface area contributed by atoms with Gasteiger partial charge in [-0.2, -0.15) is 0 Å². The summed E-state index contributed by atoms with van der Waals surface area (Å²) in [6, 6.07) is 26.5. The molecule has 0 bridgehead atoms. The minimum absolute atomic E-state index is 0.314. The lowest BCUT2D eigenvalue weighted by Gasteiger charge is -2.43. The van der Waals surface area contributed by atoms with Crippen LogP contribution in [0.5, 0.6) is 0 Å². The summed E-state index contributed by atoms with van der Waals surface area (Å²) in [5.74, 6) is -0.904. The first-order valence-corrected chi connectivity index (χ1v) is 10.6. The van der Waals surface area contributed by atoms with Crippen LogP contribution >= 0.6 is 15.9 Å². The molecule has 6 heteroatoms. The average Bonchev–Trinajstić information content (AvgIpc) is 2.78. The number of carbonyl (C=O) groups is 1. The quantitative estimate of drug-likeness (QED) is 0.525. The minimum atomic E-state index is -0.904. The van der Waals surface area contributed by atoms with E-state index < -0.39 is 5.79 Å². The summed E-state index contributed by atoms with van der Waals surface area (Å²) in [6.45, 7) is 2.23. The van der Waals surface area contributed by atoms with Crippen LogP contribution in [0.3, 0.4) is 0 Å². The van der Waals surface area contributed by atoms with Gasteiger partial charge in [-0.25, -0.2) is 4.79 Å². The Balaban J connectivity index is 1.55. The van der Waals surface area contributed by atoms with Gasteiger partial charge in [0.1, 0.15) is 6.10 Å². The third-order valence-corrected chi connectivity index (χ3v) is 5.81. The number of carbonyl (C=O) groups excluding carboxylic acids is 1. The van der Waals surface area contributed by atoms with Gasteiger partial charge in [-0.3, -0.25) is 0 Å². The van der Waals surface area contributed by atoms with Crippen LogP contribution in [-0.2, 0) is 15.3 Å². The Hall–Kier alpha value is -2.67. The lowest BCUT2D eigenvalue weighted by atomic mass is 9.98. The number of urea groups is 1. The molecular formula is C24H23BrN2O3. The molecule has 3 atom stereocenters. The van der Waals surface area contributed by atoms with Crippen LogP contribution in [0.25, 0.3) is 0 Å². The fourth-order valence-electron chi connectivity index (χ4n) is 3.54. The zero-order chi connectivity index (χ0) is 21.0. The molecule has 0 aliphatic carbocycles. The highest BCUT2D eigenvalue weighted by atomic mass is 79.9. The van der Waals surface area contributed by atoms with Crippen LogP contribution in [0.4, 0.5) is 10.5 Å². The molecule has 1 unspecified atom stereocenters. The van der Waals surface area contributed by atoms with Gasteiger partial charge in [0.05, 0.1) is 18.3 Å². The summed E-state index contributed by atoms with van der Waals surface area (Å²) in [7, 11) is 0. The van der Waals surface area contributed by atoms with Crippen molar-refractivity contribution in [2.75, 3.05) is 11.9 Å². The van der Waals surface area contributed by atoms with Crippen LogP contribution in [0.2, 0.25) is 0 Å². The largest absolute Gasteiger partial charge is 0.344 e. The van der Waals surface area contributed by atoms with Crippen molar-refractivity contribution in [1.29, 1.82) is 0 Å². The average molecular weight is 467 g/mol. The van der Waals surface area contributed by atoms with E-state index in [0.29, 0.717) is 12.3 Å². The standard InChI is InChI=1S/C24H23BrN2O3/c1-24(18-12-6-3-7-13-18)29-16-21(22(30-24)17-10-4-2-5-11-17)27-23(28)26-20-15-9-8-14-19(20)25/h2-15,21-22H,16H2,1H3,(H2,26,27,28)/t21-,22-,24?/m0/s1. The number of hydrogen-bond donors (Lipinski definition) is 2. The molecule has 1 fully saturated rings. The molecule has 1 aliphatic heterocycles. The van der Waals surface area contributed by atoms with Gasteiger partial charge >= 0.3 is 6.03 Å². The molecule has 1 saturated heterocycles. The Bertz CT molecular complexity index is 1000. The Labute approximate surface area is 184 Å². The SMILES string of the molecule is CC1(c2ccccc2)OC[C@H](NC(=O)Nc2ccccc2Br)[C@H](c2ccccc2)O1. The van der Waals surface area contributed by atoms with Crippen molar-refractivity contribution in [2.24, 2.45) is 0 Å². The molecule has 1 heterocycles. The van der Waals surface area contributed by atoms with Gasteiger partial charge in [0.2, 0.25) is 0 Å². The fraction of sp³-hybridized carbons (Fsp3) is 0.208. The van der Waals surface area contributed by atoms with Gasteiger partial charge in [-0.1, -0.05) is 72.8 Å². The number of ether oxygens (including phenoxy) is 2. The molecule has 2 N–H and O–H groups in total. The zero-order valence-corrected chi connectivity index (χ0v) is 18.1. The van der Waals surface area contributed by atoms with E-state index in [0.717, 1.165) is 15.6 Å². The van der Waals surface area contributed by atoms with Crippen molar-refractivity contribution >= 4 is 27.6 Å². The lowest BCUT2D eigenvalue weighted by Crippen LogP contribution is -2.52. The third kappa shape index (κ3) is 4.56. The summed E-state index contributed by atoms with van der Waals surface area (Å²) < 4.78 is 13.4. The first kappa shape index (κ1) is 20.6. The van der Waals surface area contributed by atoms with Crippen LogP contribution in [-0.4, -0.2) is 18.7 Å². The number of nitrogens with one attached hydrogen (secondary N) is 2. The van der Waals surface area contributed by atoms with E-state index in [1.165, 1.54) is 0 Å². The van der Waals surface area contributed by atoms with Gasteiger partial charge < -0.3 is 20.1 Å². The van der Waals surface area contributed by atoms with Crippen molar-refractivity contribution in [2.45, 2.75) is 24.9 Å². The fourth-order valence-corrected chi connectivity index (χ4v) is 3.92. The maximum Gasteiger partial charge on any atom is 0.319 e. The molecule has 0 aromatic heterocycles. The number of amides is 2. The van der Waals surface area contributed by atoms with Crippen molar-refractivity contribution < 1.29 is 14.3 Å². The minimum Gasteiger partial charge on any atom is -0.344 e. The first-order chi connectivity index (χ1) is 14.5. The lowest BCUT2D eigenvalue weighted by molar-refractivity contribution is -0.303. The molecular weight excluding hydrogens is 444 g/mol. The molecule has 2 amide bonds. The van der Waals surface area contributed by atoms with E-state index in [9.17, 15) is 4.79 Å². The van der Waals surface area contributed by atoms with Crippen molar-refractivity contribution in [3.8, 4) is 0 Å². The van der Waals surface area contributed by atoms with Crippen molar-refractivity contribution in [1.82, 2.24) is 5.32 Å². The highest BCUT2D eigenvalue weighted by Crippen LogP contribution is 2.39. The monoisotopic (exact) mass is 466 g/mol. The van der Waals surface area contributed by atoms with Gasteiger partial charge in [0, 0.05) is 10.0 Å². The molecule has 3 aromatic carbocycles. The smallest absolute Gasteiger partial charge is 0.319 e. The molecule has 4 rings (SSSR count). The number of benzene rings is 3. The van der Waals surface area contributed by atoms with Gasteiger partial charge in [-0.05, 0) is 40.5 Å². The highest BCUT2D eigenvalue weighted by molar-refractivity contribution is 9.10. The van der Waals surface area contributed by atoms with Gasteiger partial charge in [0.15, 0.2) is 5.79 Å². The van der Waals surface area contributed by atoms with Gasteiger partial charge in [0.25, 0.3) is 0 Å². The maximum absolute atomic E-state index is 12.7. The van der Waals surface area contributed by atoms with E-state index in [1.54, 1.807) is 0 Å². The summed E-state index contributed by atoms with van der Waals surface area (Å²) >= 11 is 3.45. The van der Waals surface area contributed by atoms with Crippen molar-refractivity contribution in [3.63, 3.8) is 0 Å². The summed E-state index contributed by atoms with van der Waals surface area (Å²) in [5.41, 5.74) is 2.61. The molecule has 5 nitrogen and oxygen atoms in total. The molecule has 154 valence electrons. The predicted molar refractivity (Wildman–Crippen MR) is 120 cm³/mol. The number of rotatable bonds is 4. The Morgan fingerprint density at radius 2 is 1.60 bits per heavy atom. The van der Waals surface area contributed by atoms with E-state index in [2.05, 4.69) is 26.6 Å². The van der Waals surface area contributed by atoms with E-state index in [4.69, 9.17) is 9.47 Å². The second kappa shape index (κ2) is 9.00. The normalized spacial score (nSPS) is 23.5. The molecule has 1 aliphatic rings. The molecule has 0 spiro atoms. The van der Waals surface area contributed by atoms with E-state index in [1.807, 2.05) is 91.9 Å². The first-order valence-electron chi connectivity index (χ1n) is 9.79. The third-order valence-electron chi connectivity index (χ3n) is 5.12. The summed E-state index contributed by atoms with van der Waals surface area (Å²) in [4.78, 5) is 12.7. The van der Waals surface area contributed by atoms with Crippen LogP contribution in [0.1, 0.15) is 24.2 Å². The number of para-hydroxylation sites is 1. The second-order valence-corrected chi connectivity index (χ2v) is 8.11. The van der Waals surface area contributed by atoms with E-state index in [-0.39, 0.29) is 18.2 Å². The maximum atomic E-state index is 12.7.